The van der Waals surface area contributed by atoms with E-state index in [4.69, 9.17) is 9.47 Å². The number of hydrogen-bond acceptors (Lipinski definition) is 6. The summed E-state index contributed by atoms with van der Waals surface area (Å²) in [4.78, 5) is 49.3. The molecule has 8 nitrogen and oxygen atoms in total. The third kappa shape index (κ3) is 7.65. The number of amides is 2. The molecule has 0 heterocycles. The number of fused-ring (bicyclic) bond motifs is 3. The van der Waals surface area contributed by atoms with E-state index in [9.17, 15) is 19.2 Å². The number of esters is 1. The topological polar surface area (TPSA) is 111 Å². The second kappa shape index (κ2) is 12.0. The number of carbonyl (C=O) groups excluding carboxylic acids is 4. The third-order valence-corrected chi connectivity index (χ3v) is 5.96. The zero-order chi connectivity index (χ0) is 27.2. The van der Waals surface area contributed by atoms with E-state index >= 15 is 0 Å². The zero-order valence-corrected chi connectivity index (χ0v) is 22.1. The SMILES string of the molecule is CC(C)C[C@H](NC(=O)OCC1c2ccccc2-c2ccccc21)C(=O)N[C@H](C=O)CC(=O)OC(C)(C)C. The molecule has 0 radical (unpaired) electrons. The molecule has 1 aliphatic carbocycles. The van der Waals surface area contributed by atoms with E-state index in [-0.39, 0.29) is 24.9 Å². The van der Waals surface area contributed by atoms with E-state index < -0.39 is 35.7 Å². The number of rotatable bonds is 10. The van der Waals surface area contributed by atoms with Gasteiger partial charge >= 0.3 is 12.1 Å². The first-order valence-electron chi connectivity index (χ1n) is 12.6. The van der Waals surface area contributed by atoms with Gasteiger partial charge in [0.05, 0.1) is 12.5 Å². The van der Waals surface area contributed by atoms with Gasteiger partial charge in [-0.25, -0.2) is 4.79 Å². The Kier molecular flexibility index (Phi) is 9.08. The van der Waals surface area contributed by atoms with Crippen LogP contribution in [0, 0.1) is 5.92 Å². The van der Waals surface area contributed by atoms with Crippen LogP contribution in [0.1, 0.15) is 64.5 Å². The summed E-state index contributed by atoms with van der Waals surface area (Å²) in [6.07, 6.45) is -0.209. The van der Waals surface area contributed by atoms with Crippen molar-refractivity contribution in [2.24, 2.45) is 5.92 Å². The number of nitrogens with one attached hydrogen (secondary N) is 2. The van der Waals surface area contributed by atoms with E-state index in [0.717, 1.165) is 22.3 Å². The van der Waals surface area contributed by atoms with Crippen molar-refractivity contribution in [2.45, 2.75) is 71.1 Å². The van der Waals surface area contributed by atoms with Crippen molar-refractivity contribution in [3.63, 3.8) is 0 Å². The average molecular weight is 509 g/mol. The molecule has 0 aliphatic heterocycles. The van der Waals surface area contributed by atoms with Crippen LogP contribution in [0.5, 0.6) is 0 Å². The van der Waals surface area contributed by atoms with Crippen molar-refractivity contribution in [1.29, 1.82) is 0 Å². The van der Waals surface area contributed by atoms with Crippen LogP contribution < -0.4 is 10.6 Å². The van der Waals surface area contributed by atoms with Gasteiger partial charge in [0, 0.05) is 5.92 Å². The monoisotopic (exact) mass is 508 g/mol. The van der Waals surface area contributed by atoms with Crippen LogP contribution in [-0.4, -0.2) is 48.5 Å². The summed E-state index contributed by atoms with van der Waals surface area (Å²) in [7, 11) is 0. The highest BCUT2D eigenvalue weighted by atomic mass is 16.6. The molecule has 0 bridgehead atoms. The van der Waals surface area contributed by atoms with Crippen LogP contribution in [0.3, 0.4) is 0 Å². The molecule has 0 saturated carbocycles. The first-order chi connectivity index (χ1) is 17.5. The number of carbonyl (C=O) groups is 4. The van der Waals surface area contributed by atoms with Crippen LogP contribution >= 0.6 is 0 Å². The van der Waals surface area contributed by atoms with Crippen LogP contribution in [0.15, 0.2) is 48.5 Å². The Labute approximate surface area is 218 Å². The van der Waals surface area contributed by atoms with Crippen LogP contribution in [0.25, 0.3) is 11.1 Å². The molecule has 198 valence electrons. The lowest BCUT2D eigenvalue weighted by atomic mass is 9.98. The first kappa shape index (κ1) is 27.9. The number of alkyl carbamates (subject to hydrolysis) is 1. The van der Waals surface area contributed by atoms with E-state index in [1.54, 1.807) is 20.8 Å². The second-order valence-corrected chi connectivity index (χ2v) is 10.7. The smallest absolute Gasteiger partial charge is 0.407 e. The van der Waals surface area contributed by atoms with Gasteiger partial charge in [0.25, 0.3) is 0 Å². The molecule has 1 aliphatic rings. The van der Waals surface area contributed by atoms with Crippen molar-refractivity contribution in [3.8, 4) is 11.1 Å². The first-order valence-corrected chi connectivity index (χ1v) is 12.6. The third-order valence-electron chi connectivity index (χ3n) is 5.96. The molecule has 2 amide bonds. The molecule has 3 rings (SSSR count). The summed E-state index contributed by atoms with van der Waals surface area (Å²) in [6, 6.07) is 14.0. The van der Waals surface area contributed by atoms with E-state index in [1.165, 1.54) is 0 Å². The normalized spacial score (nSPS) is 14.2. The summed E-state index contributed by atoms with van der Waals surface area (Å²) in [6.45, 7) is 9.10. The zero-order valence-electron chi connectivity index (χ0n) is 22.1. The predicted molar refractivity (Wildman–Crippen MR) is 140 cm³/mol. The lowest BCUT2D eigenvalue weighted by Gasteiger charge is -2.24. The highest BCUT2D eigenvalue weighted by Crippen LogP contribution is 2.44. The molecule has 37 heavy (non-hydrogen) atoms. The van der Waals surface area contributed by atoms with Crippen LogP contribution in [0.4, 0.5) is 4.79 Å². The molecular weight excluding hydrogens is 472 g/mol. The number of hydrogen-bond donors (Lipinski definition) is 2. The Morgan fingerprint density at radius 1 is 0.946 bits per heavy atom. The lowest BCUT2D eigenvalue weighted by molar-refractivity contribution is -0.156. The Balaban J connectivity index is 1.62. The molecule has 0 saturated heterocycles. The Hall–Kier alpha value is -3.68. The fourth-order valence-electron chi connectivity index (χ4n) is 4.46. The van der Waals surface area contributed by atoms with Gasteiger partial charge in [-0.15, -0.1) is 0 Å². The van der Waals surface area contributed by atoms with E-state index in [0.29, 0.717) is 12.7 Å². The largest absolute Gasteiger partial charge is 0.460 e. The number of ether oxygens (including phenoxy) is 2. The lowest BCUT2D eigenvalue weighted by Crippen LogP contribution is -2.51. The van der Waals surface area contributed by atoms with E-state index in [1.807, 2.05) is 50.2 Å². The van der Waals surface area contributed by atoms with Gasteiger partial charge in [-0.3, -0.25) is 9.59 Å². The predicted octanol–water partition coefficient (Wildman–Crippen LogP) is 4.36. The molecule has 8 heteroatoms. The maximum Gasteiger partial charge on any atom is 0.407 e. The van der Waals surface area contributed by atoms with Crippen LogP contribution in [-0.2, 0) is 23.9 Å². The van der Waals surface area contributed by atoms with Crippen molar-refractivity contribution in [2.75, 3.05) is 6.61 Å². The fourth-order valence-corrected chi connectivity index (χ4v) is 4.46. The van der Waals surface area contributed by atoms with Crippen molar-refractivity contribution >= 4 is 24.3 Å². The Morgan fingerprint density at radius 2 is 1.51 bits per heavy atom. The van der Waals surface area contributed by atoms with Crippen molar-refractivity contribution in [3.05, 3.63) is 59.7 Å². The molecule has 2 aromatic carbocycles. The summed E-state index contributed by atoms with van der Waals surface area (Å²) in [5, 5.41) is 5.18. The van der Waals surface area contributed by atoms with Gasteiger partial charge in [-0.05, 0) is 55.4 Å². The molecule has 2 N–H and O–H groups in total. The van der Waals surface area contributed by atoms with Crippen molar-refractivity contribution < 1.29 is 28.7 Å². The number of aldehydes is 1. The van der Waals surface area contributed by atoms with E-state index in [2.05, 4.69) is 22.8 Å². The standard InChI is InChI=1S/C29H36N2O6/c1-18(2)14-25(27(34)30-19(16-32)15-26(33)37-29(3,4)5)31-28(35)36-17-24-22-12-8-6-10-20(22)21-11-7-9-13-23(21)24/h6-13,16,18-19,24-25H,14-15,17H2,1-5H3,(H,30,34)(H,31,35)/t19-,25-/m0/s1. The van der Waals surface area contributed by atoms with Gasteiger partial charge in [-0.1, -0.05) is 62.4 Å². The summed E-state index contributed by atoms with van der Waals surface area (Å²) in [5.41, 5.74) is 3.70. The van der Waals surface area contributed by atoms with Gasteiger partial charge in [-0.2, -0.15) is 0 Å². The van der Waals surface area contributed by atoms with Gasteiger partial charge in [0.2, 0.25) is 5.91 Å². The average Bonchev–Trinajstić information content (AvgIpc) is 3.14. The molecule has 0 fully saturated rings. The Morgan fingerprint density at radius 3 is 2.03 bits per heavy atom. The minimum atomic E-state index is -1.07. The minimum Gasteiger partial charge on any atom is -0.460 e. The number of benzene rings is 2. The molecular formula is C29H36N2O6. The molecule has 0 unspecified atom stereocenters. The van der Waals surface area contributed by atoms with Gasteiger partial charge < -0.3 is 24.9 Å². The summed E-state index contributed by atoms with van der Waals surface area (Å²) in [5.74, 6) is -1.20. The molecule has 0 spiro atoms. The quantitative estimate of drug-likeness (QED) is 0.365. The highest BCUT2D eigenvalue weighted by Gasteiger charge is 2.31. The fraction of sp³-hybridized carbons (Fsp3) is 0.448. The Bertz CT molecular complexity index is 1090. The molecule has 0 aromatic heterocycles. The molecule has 2 aromatic rings. The maximum atomic E-state index is 12.9. The maximum absolute atomic E-state index is 12.9. The van der Waals surface area contributed by atoms with Crippen molar-refractivity contribution in [1.82, 2.24) is 10.6 Å². The summed E-state index contributed by atoms with van der Waals surface area (Å²) >= 11 is 0. The minimum absolute atomic E-state index is 0.0742. The van der Waals surface area contributed by atoms with Gasteiger partial charge in [0.15, 0.2) is 0 Å². The second-order valence-electron chi connectivity index (χ2n) is 10.7. The molecule has 2 atom stereocenters. The summed E-state index contributed by atoms with van der Waals surface area (Å²) < 4.78 is 10.8. The van der Waals surface area contributed by atoms with Crippen LogP contribution in [0.2, 0.25) is 0 Å². The highest BCUT2D eigenvalue weighted by molar-refractivity contribution is 5.89. The van der Waals surface area contributed by atoms with Gasteiger partial charge in [0.1, 0.15) is 24.5 Å².